The Hall–Kier alpha value is -3.74. The first-order valence-corrected chi connectivity index (χ1v) is 9.91. The van der Waals surface area contributed by atoms with Gasteiger partial charge in [0.05, 0.1) is 6.54 Å². The molecule has 150 valence electrons. The minimum Gasteiger partial charge on any atom is -0.368 e. The van der Waals surface area contributed by atoms with Gasteiger partial charge in [0.25, 0.3) is 5.91 Å². The summed E-state index contributed by atoms with van der Waals surface area (Å²) in [5, 5.41) is 5.96. The van der Waals surface area contributed by atoms with E-state index in [1.807, 2.05) is 42.5 Å². The van der Waals surface area contributed by atoms with E-state index in [0.29, 0.717) is 18.0 Å². The summed E-state index contributed by atoms with van der Waals surface area (Å²) in [7, 11) is 1.78. The molecular weight excluding hydrogens is 378 g/mol. The van der Waals surface area contributed by atoms with Crippen molar-refractivity contribution in [2.45, 2.75) is 25.3 Å². The molecule has 0 radical (unpaired) electrons. The summed E-state index contributed by atoms with van der Waals surface area (Å²) >= 11 is 0. The topological polar surface area (TPSA) is 98.1 Å². The fourth-order valence-corrected chi connectivity index (χ4v) is 3.71. The second-order valence-electron chi connectivity index (χ2n) is 7.69. The van der Waals surface area contributed by atoms with Crippen molar-refractivity contribution in [3.8, 4) is 11.1 Å². The van der Waals surface area contributed by atoms with Gasteiger partial charge in [0.1, 0.15) is 11.5 Å². The van der Waals surface area contributed by atoms with Gasteiger partial charge < -0.3 is 15.2 Å². The largest absolute Gasteiger partial charge is 0.368 e. The van der Waals surface area contributed by atoms with E-state index in [1.54, 1.807) is 24.3 Å². The number of rotatable bonds is 5. The summed E-state index contributed by atoms with van der Waals surface area (Å²) in [6, 6.07) is 13.6. The number of hydrogen-bond donors (Lipinski definition) is 1. The number of carbonyl (C=O) groups excluding carboxylic acids is 1. The van der Waals surface area contributed by atoms with Crippen LogP contribution < -0.4 is 5.73 Å². The van der Waals surface area contributed by atoms with Crippen LogP contribution in [0.15, 0.2) is 59.4 Å². The molecule has 0 bridgehead atoms. The summed E-state index contributed by atoms with van der Waals surface area (Å²) in [5.74, 6) is 1.59. The summed E-state index contributed by atoms with van der Waals surface area (Å²) in [6.07, 6.45) is 5.70. The molecule has 0 unspecified atom stereocenters. The second kappa shape index (κ2) is 7.26. The summed E-state index contributed by atoms with van der Waals surface area (Å²) in [4.78, 5) is 23.1. The number of nitrogens with two attached hydrogens (primary N) is 1. The van der Waals surface area contributed by atoms with E-state index in [1.165, 1.54) is 0 Å². The van der Waals surface area contributed by atoms with E-state index >= 15 is 0 Å². The lowest BCUT2D eigenvalue weighted by molar-refractivity contribution is 0.0784. The normalized spacial score (nSPS) is 13.5. The molecule has 5 rings (SSSR count). The Kier molecular flexibility index (Phi) is 4.43. The molecule has 7 heteroatoms. The van der Waals surface area contributed by atoms with E-state index in [4.69, 9.17) is 10.3 Å². The van der Waals surface area contributed by atoms with E-state index in [0.717, 1.165) is 46.2 Å². The lowest BCUT2D eigenvalue weighted by atomic mass is 9.96. The van der Waals surface area contributed by atoms with Crippen LogP contribution in [0, 0.1) is 0 Å². The Morgan fingerprint density at radius 1 is 1.13 bits per heavy atom. The predicted molar refractivity (Wildman–Crippen MR) is 114 cm³/mol. The average molecular weight is 399 g/mol. The van der Waals surface area contributed by atoms with Gasteiger partial charge >= 0.3 is 0 Å². The molecule has 4 aromatic rings. The summed E-state index contributed by atoms with van der Waals surface area (Å²) < 4.78 is 5.41. The molecule has 1 aliphatic carbocycles. The number of hydrogen-bond acceptors (Lipinski definition) is 6. The highest BCUT2D eigenvalue weighted by Gasteiger charge is 2.28. The minimum absolute atomic E-state index is 0.0673. The van der Waals surface area contributed by atoms with Gasteiger partial charge in [-0.1, -0.05) is 35.5 Å². The third-order valence-electron chi connectivity index (χ3n) is 5.44. The van der Waals surface area contributed by atoms with E-state index in [9.17, 15) is 4.79 Å². The summed E-state index contributed by atoms with van der Waals surface area (Å²) in [5.41, 5.74) is 8.83. The number of benzene rings is 2. The molecule has 0 atom stereocenters. The molecule has 2 aromatic carbocycles. The fraction of sp³-hybridized carbons (Fsp3) is 0.217. The Morgan fingerprint density at radius 2 is 1.87 bits per heavy atom. The standard InChI is InChI=1S/C23H21N5O2/c1-28(13-16-10-21(30-27-16)14-8-9-14)22(29)20-7-3-5-18-17(4-2-6-19(18)20)15-11-25-23(24)26-12-15/h2-7,10-12,14H,8-9,13H2,1H3,(H2,24,25,26). The zero-order chi connectivity index (χ0) is 20.7. The Bertz CT molecular complexity index is 1230. The van der Waals surface area contributed by atoms with Crippen LogP contribution in [-0.2, 0) is 6.54 Å². The van der Waals surface area contributed by atoms with E-state index in [2.05, 4.69) is 15.1 Å². The number of carbonyl (C=O) groups is 1. The van der Waals surface area contributed by atoms with E-state index in [-0.39, 0.29) is 11.9 Å². The van der Waals surface area contributed by atoms with Crippen LogP contribution in [0.3, 0.4) is 0 Å². The van der Waals surface area contributed by atoms with Gasteiger partial charge in [0, 0.05) is 42.6 Å². The highest BCUT2D eigenvalue weighted by atomic mass is 16.5. The lowest BCUT2D eigenvalue weighted by Crippen LogP contribution is -2.26. The van der Waals surface area contributed by atoms with Crippen LogP contribution in [-0.4, -0.2) is 33.0 Å². The number of nitrogen functional groups attached to an aromatic ring is 1. The Morgan fingerprint density at radius 3 is 2.63 bits per heavy atom. The first-order valence-electron chi connectivity index (χ1n) is 9.91. The maximum Gasteiger partial charge on any atom is 0.254 e. The molecule has 0 aliphatic heterocycles. The first kappa shape index (κ1) is 18.3. The van der Waals surface area contributed by atoms with Crippen molar-refractivity contribution in [1.82, 2.24) is 20.0 Å². The molecular formula is C23H21N5O2. The number of anilines is 1. The van der Waals surface area contributed by atoms with Crippen LogP contribution in [0.1, 0.15) is 40.6 Å². The van der Waals surface area contributed by atoms with Crippen molar-refractivity contribution >= 4 is 22.6 Å². The van der Waals surface area contributed by atoms with Gasteiger partial charge in [0.15, 0.2) is 0 Å². The van der Waals surface area contributed by atoms with Crippen LogP contribution in [0.25, 0.3) is 21.9 Å². The number of amides is 1. The maximum absolute atomic E-state index is 13.2. The molecule has 1 fully saturated rings. The number of aromatic nitrogens is 3. The summed E-state index contributed by atoms with van der Waals surface area (Å²) in [6.45, 7) is 0.400. The van der Waals surface area contributed by atoms with Crippen LogP contribution in [0.4, 0.5) is 5.95 Å². The minimum atomic E-state index is -0.0673. The molecule has 0 saturated heterocycles. The maximum atomic E-state index is 13.2. The quantitative estimate of drug-likeness (QED) is 0.544. The zero-order valence-electron chi connectivity index (χ0n) is 16.6. The van der Waals surface area contributed by atoms with Gasteiger partial charge in [-0.2, -0.15) is 0 Å². The molecule has 1 amide bonds. The van der Waals surface area contributed by atoms with Crippen molar-refractivity contribution in [3.63, 3.8) is 0 Å². The van der Waals surface area contributed by atoms with Crippen molar-refractivity contribution in [3.05, 3.63) is 71.9 Å². The predicted octanol–water partition coefficient (Wildman–Crippen LogP) is 4.02. The van der Waals surface area contributed by atoms with Gasteiger partial charge in [-0.05, 0) is 35.2 Å². The molecule has 0 spiro atoms. The van der Waals surface area contributed by atoms with Crippen molar-refractivity contribution in [2.24, 2.45) is 0 Å². The fourth-order valence-electron chi connectivity index (χ4n) is 3.71. The van der Waals surface area contributed by atoms with Crippen molar-refractivity contribution in [2.75, 3.05) is 12.8 Å². The van der Waals surface area contributed by atoms with Crippen molar-refractivity contribution < 1.29 is 9.32 Å². The number of fused-ring (bicyclic) bond motifs is 1. The SMILES string of the molecule is CN(Cc1cc(C2CC2)on1)C(=O)c1cccc2c(-c3cnc(N)nc3)cccc12. The van der Waals surface area contributed by atoms with Crippen LogP contribution in [0.5, 0.6) is 0 Å². The molecule has 30 heavy (non-hydrogen) atoms. The first-order chi connectivity index (χ1) is 14.6. The number of nitrogens with zero attached hydrogens (tertiary/aromatic N) is 4. The van der Waals surface area contributed by atoms with E-state index < -0.39 is 0 Å². The monoisotopic (exact) mass is 399 g/mol. The third kappa shape index (κ3) is 3.39. The smallest absolute Gasteiger partial charge is 0.254 e. The highest BCUT2D eigenvalue weighted by molar-refractivity contribution is 6.10. The second-order valence-corrected chi connectivity index (χ2v) is 7.69. The van der Waals surface area contributed by atoms with Crippen LogP contribution in [0.2, 0.25) is 0 Å². The van der Waals surface area contributed by atoms with Crippen molar-refractivity contribution in [1.29, 1.82) is 0 Å². The van der Waals surface area contributed by atoms with Gasteiger partial charge in [0.2, 0.25) is 5.95 Å². The highest BCUT2D eigenvalue weighted by Crippen LogP contribution is 2.40. The molecule has 2 aromatic heterocycles. The molecule has 1 saturated carbocycles. The molecule has 2 N–H and O–H groups in total. The van der Waals surface area contributed by atoms with Gasteiger partial charge in [-0.3, -0.25) is 4.79 Å². The lowest BCUT2D eigenvalue weighted by Gasteiger charge is -2.17. The molecule has 2 heterocycles. The van der Waals surface area contributed by atoms with Gasteiger partial charge in [-0.25, -0.2) is 9.97 Å². The van der Waals surface area contributed by atoms with Gasteiger partial charge in [-0.15, -0.1) is 0 Å². The Balaban J connectivity index is 1.46. The average Bonchev–Trinajstić information content (AvgIpc) is 3.52. The zero-order valence-corrected chi connectivity index (χ0v) is 16.6. The molecule has 7 nitrogen and oxygen atoms in total. The Labute approximate surface area is 173 Å². The third-order valence-corrected chi connectivity index (χ3v) is 5.44. The van der Waals surface area contributed by atoms with Crippen LogP contribution >= 0.6 is 0 Å². The molecule has 1 aliphatic rings.